The predicted octanol–water partition coefficient (Wildman–Crippen LogP) is 4.28. The van der Waals surface area contributed by atoms with Crippen LogP contribution in [0.1, 0.15) is 38.5 Å². The Morgan fingerprint density at radius 2 is 2.00 bits per heavy atom. The van der Waals surface area contributed by atoms with E-state index in [1.54, 1.807) is 0 Å². The second kappa shape index (κ2) is 5.64. The number of hydrogen-bond acceptors (Lipinski definition) is 2. The molecule has 0 amide bonds. The number of benzene rings is 1. The average Bonchev–Trinajstić information content (AvgIpc) is 2.43. The normalized spacial score (nSPS) is 28.1. The maximum atomic E-state index is 13.5. The van der Waals surface area contributed by atoms with E-state index in [2.05, 4.69) is 21.2 Å². The van der Waals surface area contributed by atoms with Crippen molar-refractivity contribution in [2.45, 2.75) is 50.7 Å². The van der Waals surface area contributed by atoms with E-state index in [0.717, 1.165) is 10.9 Å². The Labute approximate surface area is 128 Å². The van der Waals surface area contributed by atoms with Gasteiger partial charge in [-0.15, -0.1) is 0 Å². The van der Waals surface area contributed by atoms with Crippen LogP contribution in [-0.2, 0) is 0 Å². The van der Waals surface area contributed by atoms with E-state index in [4.69, 9.17) is 4.74 Å². The third-order valence-corrected chi connectivity index (χ3v) is 5.49. The van der Waals surface area contributed by atoms with Gasteiger partial charge in [0.15, 0.2) is 0 Å². The van der Waals surface area contributed by atoms with E-state index in [0.29, 0.717) is 11.8 Å². The summed E-state index contributed by atoms with van der Waals surface area (Å²) in [4.78, 5) is 0. The molecule has 0 bridgehead atoms. The molecule has 0 aromatic heterocycles. The number of halogens is 2. The zero-order valence-electron chi connectivity index (χ0n) is 11.8. The van der Waals surface area contributed by atoms with E-state index < -0.39 is 0 Å². The second-order valence-electron chi connectivity index (χ2n) is 6.08. The lowest BCUT2D eigenvalue weighted by Crippen LogP contribution is -2.64. The summed E-state index contributed by atoms with van der Waals surface area (Å²) in [6.45, 7) is 0. The van der Waals surface area contributed by atoms with Gasteiger partial charge in [-0.25, -0.2) is 4.39 Å². The lowest BCUT2D eigenvalue weighted by molar-refractivity contribution is -0.101. The van der Waals surface area contributed by atoms with Gasteiger partial charge in [-0.05, 0) is 32.0 Å². The summed E-state index contributed by atoms with van der Waals surface area (Å²) >= 11 is 3.32. The molecule has 110 valence electrons. The minimum absolute atomic E-state index is 0.217. The molecule has 1 aromatic carbocycles. The maximum absolute atomic E-state index is 13.5. The van der Waals surface area contributed by atoms with Gasteiger partial charge >= 0.3 is 0 Å². The molecule has 20 heavy (non-hydrogen) atoms. The molecule has 0 heterocycles. The number of ether oxygens (including phenoxy) is 1. The first kappa shape index (κ1) is 14.3. The lowest BCUT2D eigenvalue weighted by atomic mass is 9.55. The monoisotopic (exact) mass is 341 g/mol. The van der Waals surface area contributed by atoms with Crippen LogP contribution in [-0.4, -0.2) is 19.2 Å². The van der Waals surface area contributed by atoms with E-state index in [-0.39, 0.29) is 17.3 Å². The third kappa shape index (κ3) is 2.48. The second-order valence-corrected chi connectivity index (χ2v) is 7.00. The molecule has 2 aliphatic carbocycles. The minimum atomic E-state index is -0.253. The first-order valence-corrected chi connectivity index (χ1v) is 8.23. The zero-order chi connectivity index (χ0) is 14.2. The smallest absolute Gasteiger partial charge is 0.128 e. The Bertz CT molecular complexity index is 467. The molecule has 2 aliphatic rings. The van der Waals surface area contributed by atoms with Gasteiger partial charge in [0.25, 0.3) is 0 Å². The minimum Gasteiger partial charge on any atom is -0.490 e. The molecular formula is C16H21BrFNO. The van der Waals surface area contributed by atoms with Crippen LogP contribution in [0.2, 0.25) is 0 Å². The molecule has 4 heteroatoms. The van der Waals surface area contributed by atoms with Crippen LogP contribution < -0.4 is 10.1 Å². The van der Waals surface area contributed by atoms with E-state index >= 15 is 0 Å². The van der Waals surface area contributed by atoms with Crippen LogP contribution in [0.15, 0.2) is 22.7 Å². The van der Waals surface area contributed by atoms with Gasteiger partial charge in [0.05, 0.1) is 0 Å². The molecule has 3 rings (SSSR count). The van der Waals surface area contributed by atoms with Gasteiger partial charge in [0, 0.05) is 28.4 Å². The largest absolute Gasteiger partial charge is 0.490 e. The molecule has 0 saturated heterocycles. The van der Waals surface area contributed by atoms with Crippen LogP contribution in [0.5, 0.6) is 5.75 Å². The van der Waals surface area contributed by atoms with E-state index in [9.17, 15) is 4.39 Å². The van der Waals surface area contributed by atoms with Crippen molar-refractivity contribution in [3.05, 3.63) is 28.5 Å². The van der Waals surface area contributed by atoms with Crippen LogP contribution >= 0.6 is 15.9 Å². The highest BCUT2D eigenvalue weighted by Crippen LogP contribution is 2.53. The van der Waals surface area contributed by atoms with Crippen molar-refractivity contribution in [3.63, 3.8) is 0 Å². The molecular weight excluding hydrogens is 321 g/mol. The summed E-state index contributed by atoms with van der Waals surface area (Å²) in [7, 11) is 2.04. The fourth-order valence-corrected chi connectivity index (χ4v) is 4.40. The topological polar surface area (TPSA) is 21.3 Å². The van der Waals surface area contributed by atoms with Gasteiger partial charge in [0.1, 0.15) is 17.7 Å². The molecule has 1 N–H and O–H groups in total. The highest BCUT2D eigenvalue weighted by atomic mass is 79.9. The fraction of sp³-hybridized carbons (Fsp3) is 0.625. The number of nitrogens with one attached hydrogen (secondary N) is 1. The highest BCUT2D eigenvalue weighted by molar-refractivity contribution is 9.10. The lowest BCUT2D eigenvalue weighted by Gasteiger charge is -2.57. The van der Waals surface area contributed by atoms with Crippen LogP contribution in [0.4, 0.5) is 4.39 Å². The summed E-state index contributed by atoms with van der Waals surface area (Å²) in [6, 6.07) is 5.34. The van der Waals surface area contributed by atoms with Gasteiger partial charge in [-0.1, -0.05) is 35.2 Å². The van der Waals surface area contributed by atoms with Crippen molar-refractivity contribution in [2.24, 2.45) is 5.41 Å². The quantitative estimate of drug-likeness (QED) is 0.885. The molecule has 2 atom stereocenters. The maximum Gasteiger partial charge on any atom is 0.128 e. The number of rotatable bonds is 3. The van der Waals surface area contributed by atoms with Crippen molar-refractivity contribution in [3.8, 4) is 5.75 Å². The SMILES string of the molecule is CNC1CC(Oc2cc(F)cc(Br)c2)C12CCCCC2. The van der Waals surface area contributed by atoms with Gasteiger partial charge in [0.2, 0.25) is 0 Å². The van der Waals surface area contributed by atoms with Crippen molar-refractivity contribution < 1.29 is 9.13 Å². The summed E-state index contributed by atoms with van der Waals surface area (Å²) in [5, 5.41) is 3.44. The van der Waals surface area contributed by atoms with Crippen molar-refractivity contribution in [1.82, 2.24) is 5.32 Å². The molecule has 0 radical (unpaired) electrons. The van der Waals surface area contributed by atoms with Crippen molar-refractivity contribution >= 4 is 15.9 Å². The summed E-state index contributed by atoms with van der Waals surface area (Å²) in [5.74, 6) is 0.387. The molecule has 2 saturated carbocycles. The molecule has 1 spiro atoms. The Hall–Kier alpha value is -0.610. The Morgan fingerprint density at radius 1 is 1.25 bits per heavy atom. The highest BCUT2D eigenvalue weighted by Gasteiger charge is 2.55. The Morgan fingerprint density at radius 3 is 2.65 bits per heavy atom. The molecule has 1 aromatic rings. The first-order valence-electron chi connectivity index (χ1n) is 7.44. The zero-order valence-corrected chi connectivity index (χ0v) is 13.4. The third-order valence-electron chi connectivity index (χ3n) is 5.03. The van der Waals surface area contributed by atoms with Crippen LogP contribution in [0, 0.1) is 11.2 Å². The summed E-state index contributed by atoms with van der Waals surface area (Å²) in [5.41, 5.74) is 0.256. The molecule has 2 unspecified atom stereocenters. The van der Waals surface area contributed by atoms with E-state index in [1.807, 2.05) is 13.1 Å². The Balaban J connectivity index is 1.76. The predicted molar refractivity (Wildman–Crippen MR) is 81.5 cm³/mol. The number of hydrogen-bond donors (Lipinski definition) is 1. The standard InChI is InChI=1S/C16H21BrFNO/c1-19-14-10-15(16(14)5-3-2-4-6-16)20-13-8-11(17)7-12(18)9-13/h7-9,14-15,19H,2-6,10H2,1H3. The molecule has 2 fully saturated rings. The summed E-state index contributed by atoms with van der Waals surface area (Å²) < 4.78 is 20.3. The van der Waals surface area contributed by atoms with Gasteiger partial charge in [-0.2, -0.15) is 0 Å². The molecule has 0 aliphatic heterocycles. The van der Waals surface area contributed by atoms with Crippen LogP contribution in [0.3, 0.4) is 0 Å². The van der Waals surface area contributed by atoms with E-state index in [1.165, 1.54) is 44.2 Å². The van der Waals surface area contributed by atoms with Crippen molar-refractivity contribution in [2.75, 3.05) is 7.05 Å². The average molecular weight is 342 g/mol. The summed E-state index contributed by atoms with van der Waals surface area (Å²) in [6.07, 6.45) is 7.57. The Kier molecular flexibility index (Phi) is 4.04. The first-order chi connectivity index (χ1) is 9.64. The van der Waals surface area contributed by atoms with Gasteiger partial charge in [-0.3, -0.25) is 0 Å². The molecule has 2 nitrogen and oxygen atoms in total. The fourth-order valence-electron chi connectivity index (χ4n) is 3.96. The van der Waals surface area contributed by atoms with Gasteiger partial charge < -0.3 is 10.1 Å². The van der Waals surface area contributed by atoms with Crippen molar-refractivity contribution in [1.29, 1.82) is 0 Å². The van der Waals surface area contributed by atoms with Crippen LogP contribution in [0.25, 0.3) is 0 Å².